The van der Waals surface area contributed by atoms with Crippen molar-refractivity contribution in [1.82, 2.24) is 0 Å². The van der Waals surface area contributed by atoms with Gasteiger partial charge in [-0.25, -0.2) is 4.57 Å². The van der Waals surface area contributed by atoms with Crippen molar-refractivity contribution in [2.45, 2.75) is 187 Å². The average molecular weight is 693 g/mol. The Labute approximate surface area is 288 Å². The highest BCUT2D eigenvalue weighted by molar-refractivity contribution is 7.47. The Morgan fingerprint density at radius 2 is 1.09 bits per heavy atom. The molecule has 0 rings (SSSR count). The molecule has 10 heteroatoms. The molecule has 0 saturated carbocycles. The minimum absolute atomic E-state index is 0.0505. The van der Waals surface area contributed by atoms with E-state index in [1.54, 1.807) is 0 Å². The number of unbranched alkanes of at least 4 members (excludes halogenated alkanes) is 21. The zero-order valence-corrected chi connectivity index (χ0v) is 31.2. The predicted octanol–water partition coefficient (Wildman–Crippen LogP) is 9.75. The first-order valence-electron chi connectivity index (χ1n) is 19.2. The number of aliphatic hydroxyl groups is 2. The lowest BCUT2D eigenvalue weighted by atomic mass is 10.1. The number of hydrogen-bond acceptors (Lipinski definition) is 8. The predicted molar refractivity (Wildman–Crippen MR) is 191 cm³/mol. The second-order valence-electron chi connectivity index (χ2n) is 13.0. The van der Waals surface area contributed by atoms with E-state index in [1.165, 1.54) is 103 Å². The van der Waals surface area contributed by atoms with Crippen LogP contribution in [0.4, 0.5) is 0 Å². The molecule has 3 N–H and O–H groups in total. The molecule has 0 aliphatic heterocycles. The third-order valence-corrected chi connectivity index (χ3v) is 9.15. The van der Waals surface area contributed by atoms with E-state index < -0.39 is 33.2 Å². The van der Waals surface area contributed by atoms with Gasteiger partial charge in [0.15, 0.2) is 0 Å². The smallest absolute Gasteiger partial charge is 0.457 e. The molecule has 3 atom stereocenters. The fourth-order valence-electron chi connectivity index (χ4n) is 5.23. The molecule has 0 spiro atoms. The van der Waals surface area contributed by atoms with Gasteiger partial charge in [0.1, 0.15) is 12.2 Å². The molecule has 0 aliphatic rings. The zero-order valence-electron chi connectivity index (χ0n) is 30.3. The summed E-state index contributed by atoms with van der Waals surface area (Å²) in [5, 5.41) is 18.3. The zero-order chi connectivity index (χ0) is 34.7. The number of phosphoric ester groups is 1. The fraction of sp³-hybridized carbons (Fsp3) is 0.919. The molecule has 3 unspecified atom stereocenters. The number of ether oxygens (including phenoxy) is 2. The lowest BCUT2D eigenvalue weighted by Gasteiger charge is -2.20. The molecule has 47 heavy (non-hydrogen) atoms. The van der Waals surface area contributed by atoms with Crippen LogP contribution in [0.25, 0.3) is 0 Å². The van der Waals surface area contributed by atoms with Crippen molar-refractivity contribution in [2.24, 2.45) is 0 Å². The summed E-state index contributed by atoms with van der Waals surface area (Å²) in [5.41, 5.74) is 0. The van der Waals surface area contributed by atoms with Gasteiger partial charge in [-0.3, -0.25) is 13.8 Å². The van der Waals surface area contributed by atoms with Crippen LogP contribution in [0.2, 0.25) is 0 Å². The van der Waals surface area contributed by atoms with Crippen molar-refractivity contribution in [1.29, 1.82) is 0 Å². The number of hydrogen-bond donors (Lipinski definition) is 3. The molecule has 280 valence electrons. The molecular weight excluding hydrogens is 619 g/mol. The Balaban J connectivity index is 4.21. The summed E-state index contributed by atoms with van der Waals surface area (Å²) < 4.78 is 33.2. The maximum atomic E-state index is 12.5. The standard InChI is InChI=1S/C37H73O9P/c1-3-5-7-9-11-13-15-16-17-18-19-20-21-23-25-27-29-37(40)46-36(34-45-47(41,42)44-32-35(39)31-38)33-43-30-28-26-24-22-14-12-10-8-6-4-2/h17-18,35-36,38-39H,3-16,19-34H2,1-2H3,(H,41,42)/b18-17-. The molecule has 9 nitrogen and oxygen atoms in total. The molecule has 0 bridgehead atoms. The van der Waals surface area contributed by atoms with Crippen LogP contribution in [0.5, 0.6) is 0 Å². The van der Waals surface area contributed by atoms with Gasteiger partial charge in [0, 0.05) is 13.0 Å². The second-order valence-corrected chi connectivity index (χ2v) is 14.4. The molecule has 0 aromatic rings. The summed E-state index contributed by atoms with van der Waals surface area (Å²) in [7, 11) is -4.50. The van der Waals surface area contributed by atoms with Crippen LogP contribution >= 0.6 is 7.82 Å². The van der Waals surface area contributed by atoms with Crippen molar-refractivity contribution >= 4 is 13.8 Å². The van der Waals surface area contributed by atoms with Gasteiger partial charge in [0.05, 0.1) is 26.4 Å². The van der Waals surface area contributed by atoms with Crippen molar-refractivity contribution in [2.75, 3.05) is 33.0 Å². The Morgan fingerprint density at radius 1 is 0.638 bits per heavy atom. The number of esters is 1. The van der Waals surface area contributed by atoms with Gasteiger partial charge in [0.2, 0.25) is 0 Å². The Bertz CT molecular complexity index is 749. The van der Waals surface area contributed by atoms with Crippen molar-refractivity contribution < 1.29 is 43.0 Å². The molecule has 0 saturated heterocycles. The number of aliphatic hydroxyl groups excluding tert-OH is 2. The van der Waals surface area contributed by atoms with E-state index in [1.807, 2.05) is 0 Å². The lowest BCUT2D eigenvalue weighted by Crippen LogP contribution is -2.29. The summed E-state index contributed by atoms with van der Waals surface area (Å²) in [6.45, 7) is 3.50. The molecule has 0 radical (unpaired) electrons. The monoisotopic (exact) mass is 692 g/mol. The minimum Gasteiger partial charge on any atom is -0.457 e. The molecule has 0 heterocycles. The maximum absolute atomic E-state index is 12.5. The van der Waals surface area contributed by atoms with Gasteiger partial charge >= 0.3 is 13.8 Å². The average Bonchev–Trinajstić information content (AvgIpc) is 3.06. The largest absolute Gasteiger partial charge is 0.472 e. The van der Waals surface area contributed by atoms with E-state index >= 15 is 0 Å². The molecular formula is C37H73O9P. The number of carbonyl (C=O) groups is 1. The second kappa shape index (κ2) is 35.0. The topological polar surface area (TPSA) is 132 Å². The SMILES string of the molecule is CCCCCCCCC/C=C\CCCCCCCC(=O)OC(COCCCCCCCCCCCC)COP(=O)(O)OCC(O)CO. The van der Waals surface area contributed by atoms with E-state index in [-0.39, 0.29) is 25.6 Å². The number of phosphoric acid groups is 1. The summed E-state index contributed by atoms with van der Waals surface area (Å²) in [6.07, 6.45) is 31.7. The normalized spacial score (nSPS) is 14.4. The first-order valence-corrected chi connectivity index (χ1v) is 20.7. The van der Waals surface area contributed by atoms with Gasteiger partial charge in [-0.05, 0) is 38.5 Å². The Kier molecular flexibility index (Phi) is 34.4. The quantitative estimate of drug-likeness (QED) is 0.0252. The van der Waals surface area contributed by atoms with Crippen LogP contribution in [0.3, 0.4) is 0 Å². The molecule has 0 amide bonds. The van der Waals surface area contributed by atoms with Gasteiger partial charge in [-0.2, -0.15) is 0 Å². The third-order valence-electron chi connectivity index (χ3n) is 8.20. The van der Waals surface area contributed by atoms with Gasteiger partial charge < -0.3 is 24.6 Å². The number of allylic oxidation sites excluding steroid dienone is 2. The minimum atomic E-state index is -4.50. The van der Waals surface area contributed by atoms with E-state index in [9.17, 15) is 19.4 Å². The van der Waals surface area contributed by atoms with E-state index in [4.69, 9.17) is 23.6 Å². The molecule has 0 fully saturated rings. The summed E-state index contributed by atoms with van der Waals surface area (Å²) in [6, 6.07) is 0. The fourth-order valence-corrected chi connectivity index (χ4v) is 6.02. The Morgan fingerprint density at radius 3 is 1.60 bits per heavy atom. The number of carbonyl (C=O) groups excluding carboxylic acids is 1. The van der Waals surface area contributed by atoms with Gasteiger partial charge in [0.25, 0.3) is 0 Å². The first-order chi connectivity index (χ1) is 22.8. The van der Waals surface area contributed by atoms with Crippen LogP contribution < -0.4 is 0 Å². The summed E-state index contributed by atoms with van der Waals surface area (Å²) >= 11 is 0. The molecule has 0 aromatic heterocycles. The number of rotatable bonds is 37. The maximum Gasteiger partial charge on any atom is 0.472 e. The highest BCUT2D eigenvalue weighted by Gasteiger charge is 2.26. The summed E-state index contributed by atoms with van der Waals surface area (Å²) in [5.74, 6) is -0.390. The van der Waals surface area contributed by atoms with Crippen molar-refractivity contribution in [3.63, 3.8) is 0 Å². The third kappa shape index (κ3) is 34.8. The van der Waals surface area contributed by atoms with Crippen LogP contribution in [0, 0.1) is 0 Å². The van der Waals surface area contributed by atoms with E-state index in [0.29, 0.717) is 6.61 Å². The van der Waals surface area contributed by atoms with E-state index in [2.05, 4.69) is 26.0 Å². The van der Waals surface area contributed by atoms with Gasteiger partial charge in [-0.15, -0.1) is 0 Å². The highest BCUT2D eigenvalue weighted by Crippen LogP contribution is 2.43. The molecule has 0 aliphatic carbocycles. The Hall–Kier alpha value is -0.800. The lowest BCUT2D eigenvalue weighted by molar-refractivity contribution is -0.154. The van der Waals surface area contributed by atoms with Gasteiger partial charge in [-0.1, -0.05) is 142 Å². The van der Waals surface area contributed by atoms with Crippen molar-refractivity contribution in [3.8, 4) is 0 Å². The molecule has 0 aromatic carbocycles. The first kappa shape index (κ1) is 46.2. The van der Waals surface area contributed by atoms with Crippen LogP contribution in [-0.4, -0.2) is 66.3 Å². The highest BCUT2D eigenvalue weighted by atomic mass is 31.2. The van der Waals surface area contributed by atoms with Crippen LogP contribution in [-0.2, 0) is 27.9 Å². The van der Waals surface area contributed by atoms with Crippen LogP contribution in [0.1, 0.15) is 174 Å². The van der Waals surface area contributed by atoms with Crippen LogP contribution in [0.15, 0.2) is 12.2 Å². The van der Waals surface area contributed by atoms with Crippen molar-refractivity contribution in [3.05, 3.63) is 12.2 Å². The van der Waals surface area contributed by atoms with E-state index in [0.717, 1.165) is 51.4 Å². The summed E-state index contributed by atoms with van der Waals surface area (Å²) in [4.78, 5) is 22.4.